The van der Waals surface area contributed by atoms with Crippen molar-refractivity contribution < 1.29 is 37.0 Å². The lowest BCUT2D eigenvalue weighted by Crippen LogP contribution is -2.29. The predicted octanol–water partition coefficient (Wildman–Crippen LogP) is 7.52. The number of carbonyl (C=O) groups is 2. The van der Waals surface area contributed by atoms with Crippen LogP contribution in [0.2, 0.25) is 0 Å². The Hall–Kier alpha value is -3.75. The number of aliphatic carboxylic acids is 1. The van der Waals surface area contributed by atoms with Gasteiger partial charge in [0.2, 0.25) is 0 Å². The maximum absolute atomic E-state index is 13.0. The zero-order valence-corrected chi connectivity index (χ0v) is 22.0. The highest BCUT2D eigenvalue weighted by Crippen LogP contribution is 2.41. The highest BCUT2D eigenvalue weighted by molar-refractivity contribution is 5.94. The van der Waals surface area contributed by atoms with Gasteiger partial charge in [0.1, 0.15) is 23.4 Å². The van der Waals surface area contributed by atoms with Gasteiger partial charge in [0.15, 0.2) is 0 Å². The number of carboxylic acids is 1. The normalized spacial score (nSPS) is 15.1. The van der Waals surface area contributed by atoms with E-state index in [0.717, 1.165) is 49.8 Å². The largest absolute Gasteiger partial charge is 0.485 e. The molecule has 1 unspecified atom stereocenters. The molecule has 2 aromatic carbocycles. The zero-order valence-electron chi connectivity index (χ0n) is 22.0. The summed E-state index contributed by atoms with van der Waals surface area (Å²) in [5, 5.41) is 8.86. The van der Waals surface area contributed by atoms with Crippen LogP contribution in [-0.2, 0) is 11.0 Å². The first-order valence-electron chi connectivity index (χ1n) is 13.0. The van der Waals surface area contributed by atoms with Crippen LogP contribution in [0.15, 0.2) is 59.0 Å². The Bertz CT molecular complexity index is 1280. The van der Waals surface area contributed by atoms with Gasteiger partial charge in [-0.3, -0.25) is 9.59 Å². The lowest BCUT2D eigenvalue weighted by Gasteiger charge is -2.30. The van der Waals surface area contributed by atoms with E-state index in [-0.39, 0.29) is 30.9 Å². The Morgan fingerprint density at radius 3 is 2.28 bits per heavy atom. The van der Waals surface area contributed by atoms with E-state index in [2.05, 4.69) is 0 Å². The van der Waals surface area contributed by atoms with Crippen LogP contribution in [0.5, 0.6) is 5.75 Å². The number of hydrogen-bond donors (Lipinski definition) is 1. The monoisotopic (exact) mass is 543 g/mol. The van der Waals surface area contributed by atoms with E-state index in [9.17, 15) is 22.8 Å². The van der Waals surface area contributed by atoms with Crippen molar-refractivity contribution >= 4 is 11.9 Å². The summed E-state index contributed by atoms with van der Waals surface area (Å²) < 4.78 is 51.5. The Morgan fingerprint density at radius 1 is 1.05 bits per heavy atom. The number of ether oxygens (including phenoxy) is 1. The molecule has 1 aromatic heterocycles. The van der Waals surface area contributed by atoms with Crippen LogP contribution in [-0.4, -0.2) is 35.5 Å². The summed E-state index contributed by atoms with van der Waals surface area (Å²) in [6.07, 6.45) is 0.438. The number of benzene rings is 2. The molecule has 6 nitrogen and oxygen atoms in total. The number of carboxylic acid groups (broad SMARTS) is 1. The first-order chi connectivity index (χ1) is 18.5. The Balaban J connectivity index is 1.56. The molecule has 0 aliphatic heterocycles. The van der Waals surface area contributed by atoms with Gasteiger partial charge in [0.25, 0.3) is 5.91 Å². The molecule has 1 amide bonds. The maximum Gasteiger partial charge on any atom is 0.416 e. The number of amides is 1. The Labute approximate surface area is 225 Å². The van der Waals surface area contributed by atoms with Gasteiger partial charge < -0.3 is 19.2 Å². The van der Waals surface area contributed by atoms with Crippen LogP contribution in [0.25, 0.3) is 11.3 Å². The van der Waals surface area contributed by atoms with E-state index in [0.29, 0.717) is 28.4 Å². The summed E-state index contributed by atoms with van der Waals surface area (Å²) in [6, 6.07) is 13.5. The lowest BCUT2D eigenvalue weighted by molar-refractivity contribution is -0.138. The molecule has 0 radical (unpaired) electrons. The molecule has 0 saturated heterocycles. The topological polar surface area (TPSA) is 80.0 Å². The van der Waals surface area contributed by atoms with Crippen LogP contribution in [0.1, 0.15) is 71.9 Å². The van der Waals surface area contributed by atoms with Gasteiger partial charge in [-0.1, -0.05) is 31.4 Å². The summed E-state index contributed by atoms with van der Waals surface area (Å²) in [5.74, 6) is 0.686. The molecule has 39 heavy (non-hydrogen) atoms. The summed E-state index contributed by atoms with van der Waals surface area (Å²) >= 11 is 0. The summed E-state index contributed by atoms with van der Waals surface area (Å²) in [5.41, 5.74) is 1.11. The van der Waals surface area contributed by atoms with Crippen LogP contribution in [0, 0.1) is 12.8 Å². The molecule has 3 aromatic rings. The van der Waals surface area contributed by atoms with Gasteiger partial charge in [0.05, 0.1) is 12.0 Å². The molecule has 1 heterocycles. The molecule has 1 aliphatic rings. The van der Waals surface area contributed by atoms with Gasteiger partial charge >= 0.3 is 12.1 Å². The fraction of sp³-hybridized carbons (Fsp3) is 0.400. The zero-order chi connectivity index (χ0) is 28.2. The standard InChI is InChI=1S/C30H32F3NO5/c1-19-25(18-26(38-19)20-8-12-23(13-9-20)30(31,32)33)28(21-6-4-3-5-7-21)39-24-14-10-22(11-15-24)29(37)34(2)17-16-27(35)36/h8-15,18,21,28H,3-7,16-17H2,1-2H3,(H,35,36). The molecule has 1 N–H and O–H groups in total. The fourth-order valence-corrected chi connectivity index (χ4v) is 5.00. The quantitative estimate of drug-likeness (QED) is 0.302. The molecule has 4 rings (SSSR count). The number of hydrogen-bond acceptors (Lipinski definition) is 4. The van der Waals surface area contributed by atoms with Crippen molar-refractivity contribution in [3.8, 4) is 17.1 Å². The van der Waals surface area contributed by atoms with Gasteiger partial charge in [-0.15, -0.1) is 0 Å². The van der Waals surface area contributed by atoms with E-state index in [1.807, 2.05) is 13.0 Å². The van der Waals surface area contributed by atoms with Crippen molar-refractivity contribution in [1.29, 1.82) is 0 Å². The van der Waals surface area contributed by atoms with Crippen molar-refractivity contribution in [2.75, 3.05) is 13.6 Å². The highest BCUT2D eigenvalue weighted by atomic mass is 19.4. The molecular formula is C30H32F3NO5. The van der Waals surface area contributed by atoms with E-state index in [1.54, 1.807) is 31.3 Å². The fourth-order valence-electron chi connectivity index (χ4n) is 5.00. The molecule has 1 aliphatic carbocycles. The van der Waals surface area contributed by atoms with Crippen molar-refractivity contribution in [1.82, 2.24) is 4.90 Å². The molecule has 0 spiro atoms. The average Bonchev–Trinajstić information content (AvgIpc) is 3.31. The SMILES string of the molecule is Cc1oc(-c2ccc(C(F)(F)F)cc2)cc1C(Oc1ccc(C(=O)N(C)CCC(=O)O)cc1)C1CCCCC1. The minimum absolute atomic E-state index is 0.108. The highest BCUT2D eigenvalue weighted by Gasteiger charge is 2.32. The molecular weight excluding hydrogens is 511 g/mol. The molecule has 0 bridgehead atoms. The smallest absolute Gasteiger partial charge is 0.416 e. The minimum atomic E-state index is -4.41. The Morgan fingerprint density at radius 2 is 1.69 bits per heavy atom. The van der Waals surface area contributed by atoms with Gasteiger partial charge in [-0.05, 0) is 62.2 Å². The summed E-state index contributed by atoms with van der Waals surface area (Å²) in [7, 11) is 1.56. The van der Waals surface area contributed by atoms with Crippen molar-refractivity contribution in [2.45, 2.75) is 57.7 Å². The van der Waals surface area contributed by atoms with Crippen molar-refractivity contribution in [2.24, 2.45) is 5.92 Å². The van der Waals surface area contributed by atoms with Crippen LogP contribution in [0.4, 0.5) is 13.2 Å². The third-order valence-electron chi connectivity index (χ3n) is 7.21. The second-order valence-electron chi connectivity index (χ2n) is 10.0. The third kappa shape index (κ3) is 7.02. The Kier molecular flexibility index (Phi) is 8.67. The summed E-state index contributed by atoms with van der Waals surface area (Å²) in [4.78, 5) is 24.8. The number of aryl methyl sites for hydroxylation is 1. The average molecular weight is 544 g/mol. The van der Waals surface area contributed by atoms with Gasteiger partial charge in [0, 0.05) is 36.2 Å². The van der Waals surface area contributed by atoms with Crippen LogP contribution >= 0.6 is 0 Å². The number of halogens is 3. The molecule has 9 heteroatoms. The van der Waals surface area contributed by atoms with Crippen molar-refractivity contribution in [3.63, 3.8) is 0 Å². The molecule has 208 valence electrons. The molecule has 1 fully saturated rings. The second-order valence-corrected chi connectivity index (χ2v) is 10.0. The van der Waals surface area contributed by atoms with Gasteiger partial charge in [-0.25, -0.2) is 0 Å². The predicted molar refractivity (Wildman–Crippen MR) is 139 cm³/mol. The summed E-state index contributed by atoms with van der Waals surface area (Å²) in [6.45, 7) is 1.94. The van der Waals surface area contributed by atoms with Crippen molar-refractivity contribution in [3.05, 3.63) is 77.0 Å². The number of alkyl halides is 3. The molecule has 1 atom stereocenters. The number of carbonyl (C=O) groups excluding carboxylic acids is 1. The lowest BCUT2D eigenvalue weighted by atomic mass is 9.82. The second kappa shape index (κ2) is 12.0. The van der Waals surface area contributed by atoms with Gasteiger partial charge in [-0.2, -0.15) is 13.2 Å². The van der Waals surface area contributed by atoms with Crippen LogP contribution < -0.4 is 4.74 Å². The minimum Gasteiger partial charge on any atom is -0.485 e. The first-order valence-corrected chi connectivity index (χ1v) is 13.0. The first kappa shape index (κ1) is 28.3. The van der Waals surface area contributed by atoms with E-state index < -0.39 is 17.7 Å². The third-order valence-corrected chi connectivity index (χ3v) is 7.21. The van der Waals surface area contributed by atoms with E-state index in [1.165, 1.54) is 17.0 Å². The number of furan rings is 1. The van der Waals surface area contributed by atoms with E-state index in [4.69, 9.17) is 14.3 Å². The van der Waals surface area contributed by atoms with E-state index >= 15 is 0 Å². The maximum atomic E-state index is 13.0. The molecule has 1 saturated carbocycles. The number of rotatable bonds is 9. The number of nitrogens with zero attached hydrogens (tertiary/aromatic N) is 1. The van der Waals surface area contributed by atoms with Crippen LogP contribution in [0.3, 0.4) is 0 Å².